The number of rotatable bonds is 1. The Balaban J connectivity index is 0.000000574. The SMILES string of the molecule is CC.Cc1c[nH]c2ncc(-c3ccccc3)cc12. The van der Waals surface area contributed by atoms with Gasteiger partial charge in [0.1, 0.15) is 5.65 Å². The Morgan fingerprint density at radius 1 is 1.00 bits per heavy atom. The zero-order valence-electron chi connectivity index (χ0n) is 11.1. The number of nitrogens with one attached hydrogen (secondary N) is 1. The lowest BCUT2D eigenvalue weighted by molar-refractivity contribution is 1.32. The molecule has 0 bridgehead atoms. The molecule has 2 nitrogen and oxygen atoms in total. The lowest BCUT2D eigenvalue weighted by Crippen LogP contribution is -1.81. The molecule has 0 fully saturated rings. The van der Waals surface area contributed by atoms with Crippen LogP contribution in [0.15, 0.2) is 48.8 Å². The summed E-state index contributed by atoms with van der Waals surface area (Å²) in [6.45, 7) is 6.09. The third-order valence-electron chi connectivity index (χ3n) is 2.85. The predicted molar refractivity (Wildman–Crippen MR) is 77.6 cm³/mol. The number of aryl methyl sites for hydroxylation is 1. The molecule has 0 aliphatic carbocycles. The van der Waals surface area contributed by atoms with Crippen molar-refractivity contribution in [3.8, 4) is 11.1 Å². The van der Waals surface area contributed by atoms with E-state index in [1.54, 1.807) is 0 Å². The molecule has 0 spiro atoms. The summed E-state index contributed by atoms with van der Waals surface area (Å²) in [5.74, 6) is 0. The minimum absolute atomic E-state index is 0.956. The second kappa shape index (κ2) is 5.50. The summed E-state index contributed by atoms with van der Waals surface area (Å²) in [4.78, 5) is 7.58. The standard InChI is InChI=1S/C14H12N2.C2H6/c1-10-8-15-14-13(10)7-12(9-16-14)11-5-3-2-4-6-11;1-2/h2-9H,1H3,(H,15,16);1-2H3. The van der Waals surface area contributed by atoms with Crippen LogP contribution in [0.25, 0.3) is 22.2 Å². The molecule has 0 radical (unpaired) electrons. The van der Waals surface area contributed by atoms with E-state index in [4.69, 9.17) is 0 Å². The fourth-order valence-electron chi connectivity index (χ4n) is 1.92. The number of aromatic nitrogens is 2. The molecule has 1 aromatic carbocycles. The Bertz CT molecular complexity index is 624. The zero-order valence-corrected chi connectivity index (χ0v) is 11.1. The maximum Gasteiger partial charge on any atom is 0.137 e. The van der Waals surface area contributed by atoms with Crippen molar-refractivity contribution in [1.82, 2.24) is 9.97 Å². The van der Waals surface area contributed by atoms with E-state index >= 15 is 0 Å². The molecule has 0 amide bonds. The van der Waals surface area contributed by atoms with Gasteiger partial charge < -0.3 is 4.98 Å². The number of nitrogens with zero attached hydrogens (tertiary/aromatic N) is 1. The molecule has 0 aliphatic rings. The smallest absolute Gasteiger partial charge is 0.137 e. The first-order chi connectivity index (χ1) is 8.84. The van der Waals surface area contributed by atoms with Crippen molar-refractivity contribution in [2.45, 2.75) is 20.8 Å². The van der Waals surface area contributed by atoms with Crippen LogP contribution in [0.2, 0.25) is 0 Å². The summed E-state index contributed by atoms with van der Waals surface area (Å²) in [5.41, 5.74) is 4.56. The third-order valence-corrected chi connectivity index (χ3v) is 2.85. The van der Waals surface area contributed by atoms with Crippen LogP contribution in [0.3, 0.4) is 0 Å². The van der Waals surface area contributed by atoms with Crippen molar-refractivity contribution in [3.63, 3.8) is 0 Å². The van der Waals surface area contributed by atoms with E-state index in [0.29, 0.717) is 0 Å². The van der Waals surface area contributed by atoms with Crippen molar-refractivity contribution in [2.75, 3.05) is 0 Å². The Labute approximate surface area is 108 Å². The quantitative estimate of drug-likeness (QED) is 0.661. The maximum atomic E-state index is 4.42. The van der Waals surface area contributed by atoms with Crippen molar-refractivity contribution in [1.29, 1.82) is 0 Å². The highest BCUT2D eigenvalue weighted by Crippen LogP contribution is 2.23. The molecular weight excluding hydrogens is 220 g/mol. The molecule has 0 saturated heterocycles. The number of hydrogen-bond donors (Lipinski definition) is 1. The number of fused-ring (bicyclic) bond motifs is 1. The summed E-state index contributed by atoms with van der Waals surface area (Å²) < 4.78 is 0. The van der Waals surface area contributed by atoms with Crippen LogP contribution < -0.4 is 0 Å². The van der Waals surface area contributed by atoms with E-state index in [0.717, 1.165) is 11.2 Å². The van der Waals surface area contributed by atoms with E-state index < -0.39 is 0 Å². The number of H-pyrrole nitrogens is 1. The van der Waals surface area contributed by atoms with Crippen LogP contribution in [-0.2, 0) is 0 Å². The lowest BCUT2D eigenvalue weighted by Gasteiger charge is -2.01. The third kappa shape index (κ3) is 2.28. The average molecular weight is 238 g/mol. The molecule has 2 heteroatoms. The van der Waals surface area contributed by atoms with Gasteiger partial charge in [0, 0.05) is 23.3 Å². The Kier molecular flexibility index (Phi) is 3.78. The van der Waals surface area contributed by atoms with E-state index in [1.165, 1.54) is 16.5 Å². The van der Waals surface area contributed by atoms with Crippen LogP contribution in [0.4, 0.5) is 0 Å². The maximum absolute atomic E-state index is 4.42. The van der Waals surface area contributed by atoms with E-state index in [9.17, 15) is 0 Å². The minimum Gasteiger partial charge on any atom is -0.346 e. The van der Waals surface area contributed by atoms with Crippen LogP contribution in [0.1, 0.15) is 19.4 Å². The highest BCUT2D eigenvalue weighted by Gasteiger charge is 2.03. The van der Waals surface area contributed by atoms with Crippen LogP contribution in [0.5, 0.6) is 0 Å². The second-order valence-corrected chi connectivity index (χ2v) is 3.96. The Morgan fingerprint density at radius 3 is 2.44 bits per heavy atom. The first kappa shape index (κ1) is 12.4. The summed E-state index contributed by atoms with van der Waals surface area (Å²) in [6.07, 6.45) is 3.90. The molecule has 18 heavy (non-hydrogen) atoms. The predicted octanol–water partition coefficient (Wildman–Crippen LogP) is 4.56. The second-order valence-electron chi connectivity index (χ2n) is 3.96. The van der Waals surface area contributed by atoms with Crippen molar-refractivity contribution in [2.24, 2.45) is 0 Å². The van der Waals surface area contributed by atoms with Gasteiger partial charge in [0.05, 0.1) is 0 Å². The summed E-state index contributed by atoms with van der Waals surface area (Å²) in [7, 11) is 0. The fraction of sp³-hybridized carbons (Fsp3) is 0.188. The zero-order chi connectivity index (χ0) is 13.0. The van der Waals surface area contributed by atoms with Gasteiger partial charge in [-0.1, -0.05) is 44.2 Å². The lowest BCUT2D eigenvalue weighted by atomic mass is 10.1. The average Bonchev–Trinajstić information content (AvgIpc) is 2.83. The molecule has 0 unspecified atom stereocenters. The number of benzene rings is 1. The van der Waals surface area contributed by atoms with Gasteiger partial charge in [0.15, 0.2) is 0 Å². The first-order valence-electron chi connectivity index (χ1n) is 6.34. The topological polar surface area (TPSA) is 28.7 Å². The van der Waals surface area contributed by atoms with Crippen LogP contribution in [0, 0.1) is 6.92 Å². The normalized spacial score (nSPS) is 9.94. The molecule has 2 aromatic heterocycles. The van der Waals surface area contributed by atoms with Crippen molar-refractivity contribution >= 4 is 11.0 Å². The molecule has 0 saturated carbocycles. The molecule has 1 N–H and O–H groups in total. The van der Waals surface area contributed by atoms with E-state index in [1.807, 2.05) is 44.4 Å². The van der Waals surface area contributed by atoms with Gasteiger partial charge in [0.2, 0.25) is 0 Å². The van der Waals surface area contributed by atoms with Gasteiger partial charge in [-0.3, -0.25) is 0 Å². The highest BCUT2D eigenvalue weighted by molar-refractivity contribution is 5.84. The largest absolute Gasteiger partial charge is 0.346 e. The summed E-state index contributed by atoms with van der Waals surface area (Å²) >= 11 is 0. The van der Waals surface area contributed by atoms with E-state index in [-0.39, 0.29) is 0 Å². The highest BCUT2D eigenvalue weighted by atomic mass is 14.8. The Morgan fingerprint density at radius 2 is 1.72 bits per heavy atom. The van der Waals surface area contributed by atoms with Gasteiger partial charge in [-0.2, -0.15) is 0 Å². The van der Waals surface area contributed by atoms with Gasteiger partial charge >= 0.3 is 0 Å². The van der Waals surface area contributed by atoms with E-state index in [2.05, 4.69) is 35.1 Å². The fourth-order valence-corrected chi connectivity index (χ4v) is 1.92. The number of hydrogen-bond acceptors (Lipinski definition) is 1. The summed E-state index contributed by atoms with van der Waals surface area (Å²) in [5, 5.41) is 1.20. The summed E-state index contributed by atoms with van der Waals surface area (Å²) in [6, 6.07) is 12.5. The molecule has 0 atom stereocenters. The van der Waals surface area contributed by atoms with Crippen LogP contribution in [-0.4, -0.2) is 9.97 Å². The molecular formula is C16H18N2. The number of aromatic amines is 1. The van der Waals surface area contributed by atoms with Gasteiger partial charge in [-0.05, 0) is 24.1 Å². The first-order valence-corrected chi connectivity index (χ1v) is 6.34. The van der Waals surface area contributed by atoms with Crippen LogP contribution >= 0.6 is 0 Å². The Hall–Kier alpha value is -2.09. The minimum atomic E-state index is 0.956. The van der Waals surface area contributed by atoms with Crippen molar-refractivity contribution in [3.05, 3.63) is 54.4 Å². The molecule has 92 valence electrons. The monoisotopic (exact) mass is 238 g/mol. The van der Waals surface area contributed by atoms with Gasteiger partial charge in [0.25, 0.3) is 0 Å². The van der Waals surface area contributed by atoms with Crippen molar-refractivity contribution < 1.29 is 0 Å². The number of pyridine rings is 1. The molecule has 0 aliphatic heterocycles. The molecule has 3 rings (SSSR count). The molecule has 2 heterocycles. The van der Waals surface area contributed by atoms with Gasteiger partial charge in [-0.15, -0.1) is 0 Å². The molecule has 3 aromatic rings. The van der Waals surface area contributed by atoms with Gasteiger partial charge in [-0.25, -0.2) is 4.98 Å².